The number of H-pyrrole nitrogens is 1. The minimum Gasteiger partial charge on any atom is -0.466 e. The second kappa shape index (κ2) is 9.98. The topological polar surface area (TPSA) is 84.4 Å². The molecule has 2 heterocycles. The lowest BCUT2D eigenvalue weighted by molar-refractivity contribution is -0.152. The largest absolute Gasteiger partial charge is 0.466 e. The molecule has 2 fully saturated rings. The number of likely N-dealkylation sites (tertiary alicyclic amines) is 1. The first kappa shape index (κ1) is 22.7. The fraction of sp³-hybridized carbons (Fsp3) is 0.583. The lowest BCUT2D eigenvalue weighted by Crippen LogP contribution is -2.44. The number of esters is 1. The summed E-state index contributed by atoms with van der Waals surface area (Å²) in [5.74, 6) is 0.364. The van der Waals surface area contributed by atoms with Crippen molar-refractivity contribution in [2.45, 2.75) is 52.0 Å². The quantitative estimate of drug-likeness (QED) is 0.547. The van der Waals surface area contributed by atoms with Crippen molar-refractivity contribution in [3.63, 3.8) is 0 Å². The van der Waals surface area contributed by atoms with Gasteiger partial charge in [0.15, 0.2) is 4.77 Å². The van der Waals surface area contributed by atoms with Gasteiger partial charge in [0, 0.05) is 25.6 Å². The lowest BCUT2D eigenvalue weighted by atomic mass is 9.81. The van der Waals surface area contributed by atoms with E-state index in [1.165, 1.54) is 0 Å². The molecule has 0 unspecified atom stereocenters. The van der Waals surface area contributed by atoms with Gasteiger partial charge in [-0.15, -0.1) is 0 Å². The van der Waals surface area contributed by atoms with Gasteiger partial charge in [-0.2, -0.15) is 0 Å². The van der Waals surface area contributed by atoms with Crippen molar-refractivity contribution in [2.24, 2.45) is 17.8 Å². The summed E-state index contributed by atoms with van der Waals surface area (Å²) in [6.45, 7) is 4.06. The minimum atomic E-state index is -0.137. The van der Waals surface area contributed by atoms with E-state index in [1.54, 1.807) is 4.57 Å². The Balaban J connectivity index is 1.32. The number of aromatic nitrogens is 2. The number of piperidine rings is 1. The van der Waals surface area contributed by atoms with Gasteiger partial charge in [-0.1, -0.05) is 12.1 Å². The molecule has 0 spiro atoms. The van der Waals surface area contributed by atoms with Gasteiger partial charge < -0.3 is 14.6 Å². The number of carbonyl (C=O) groups excluding carboxylic acids is 2. The number of carbonyl (C=O) groups is 2. The van der Waals surface area contributed by atoms with Gasteiger partial charge in [-0.05, 0) is 75.7 Å². The summed E-state index contributed by atoms with van der Waals surface area (Å²) in [5.41, 5.74) is 0.715. The normalized spacial score (nSPS) is 22.1. The van der Waals surface area contributed by atoms with Crippen LogP contribution in [0.4, 0.5) is 0 Å². The zero-order chi connectivity index (χ0) is 22.7. The predicted octanol–water partition coefficient (Wildman–Crippen LogP) is 3.67. The molecule has 0 radical (unpaired) electrons. The maximum absolute atomic E-state index is 13.0. The molecule has 1 saturated carbocycles. The number of hydrogen-bond donors (Lipinski definition) is 1. The summed E-state index contributed by atoms with van der Waals surface area (Å²) >= 11 is 5.44. The predicted molar refractivity (Wildman–Crippen MR) is 125 cm³/mol. The highest BCUT2D eigenvalue weighted by molar-refractivity contribution is 7.71. The molecule has 7 nitrogen and oxygen atoms in total. The molecule has 2 aromatic rings. The van der Waals surface area contributed by atoms with Crippen LogP contribution >= 0.6 is 12.2 Å². The number of para-hydroxylation sites is 1. The minimum absolute atomic E-state index is 0.0354. The van der Waals surface area contributed by atoms with Crippen molar-refractivity contribution in [2.75, 3.05) is 19.7 Å². The van der Waals surface area contributed by atoms with E-state index in [4.69, 9.17) is 17.0 Å². The Bertz CT molecular complexity index is 1090. The number of rotatable bonds is 5. The van der Waals surface area contributed by atoms with Crippen molar-refractivity contribution in [3.8, 4) is 0 Å². The first-order valence-corrected chi connectivity index (χ1v) is 12.1. The summed E-state index contributed by atoms with van der Waals surface area (Å²) in [5, 5.41) is 0.649. The molecule has 1 aromatic carbocycles. The highest BCUT2D eigenvalue weighted by Gasteiger charge is 2.33. The third kappa shape index (κ3) is 4.80. The van der Waals surface area contributed by atoms with Crippen LogP contribution in [0.3, 0.4) is 0 Å². The summed E-state index contributed by atoms with van der Waals surface area (Å²) in [4.78, 5) is 42.9. The number of fused-ring (bicyclic) bond motifs is 1. The summed E-state index contributed by atoms with van der Waals surface area (Å²) < 4.78 is 7.24. The third-order valence-corrected chi connectivity index (χ3v) is 7.28. The van der Waals surface area contributed by atoms with Gasteiger partial charge in [-0.25, -0.2) is 0 Å². The van der Waals surface area contributed by atoms with Crippen LogP contribution < -0.4 is 5.56 Å². The van der Waals surface area contributed by atoms with Crippen LogP contribution in [0.2, 0.25) is 0 Å². The van der Waals surface area contributed by atoms with Crippen LogP contribution in [0.15, 0.2) is 29.1 Å². The van der Waals surface area contributed by atoms with E-state index >= 15 is 0 Å². The lowest BCUT2D eigenvalue weighted by Gasteiger charge is -2.35. The van der Waals surface area contributed by atoms with E-state index in [0.717, 1.165) is 31.2 Å². The van der Waals surface area contributed by atoms with Gasteiger partial charge in [0.25, 0.3) is 5.56 Å². The zero-order valence-electron chi connectivity index (χ0n) is 18.5. The van der Waals surface area contributed by atoms with Crippen LogP contribution in [0, 0.1) is 22.5 Å². The third-order valence-electron chi connectivity index (χ3n) is 6.95. The second-order valence-corrected chi connectivity index (χ2v) is 9.35. The number of amides is 1. The first-order valence-electron chi connectivity index (χ1n) is 11.6. The molecule has 1 saturated heterocycles. The van der Waals surface area contributed by atoms with E-state index in [2.05, 4.69) is 4.98 Å². The number of ether oxygens (including phenoxy) is 1. The smallest absolute Gasteiger partial charge is 0.309 e. The van der Waals surface area contributed by atoms with Crippen molar-refractivity contribution >= 4 is 35.0 Å². The maximum atomic E-state index is 13.0. The van der Waals surface area contributed by atoms with Crippen LogP contribution in [0.5, 0.6) is 0 Å². The van der Waals surface area contributed by atoms with E-state index in [9.17, 15) is 14.4 Å². The molecule has 172 valence electrons. The number of nitrogens with zero attached hydrogens (tertiary/aromatic N) is 2. The molecule has 1 aliphatic heterocycles. The van der Waals surface area contributed by atoms with Crippen LogP contribution in [-0.4, -0.2) is 46.0 Å². The van der Waals surface area contributed by atoms with Crippen LogP contribution in [0.25, 0.3) is 10.9 Å². The number of aromatic amines is 1. The van der Waals surface area contributed by atoms with E-state index in [1.807, 2.05) is 36.1 Å². The Morgan fingerprint density at radius 1 is 1.06 bits per heavy atom. The standard InChI is InChI=1S/C24H31N3O4S/c1-2-31-23(30)18-11-13-26(14-12-18)21(28)17-9-7-16(8-10-17)15-27-22(29)19-5-3-4-6-20(19)25-24(27)32/h3-6,16-18H,2,7-15H2,1H3,(H,25,32). The van der Waals surface area contributed by atoms with Crippen LogP contribution in [0.1, 0.15) is 45.4 Å². The molecule has 8 heteroatoms. The molecule has 0 atom stereocenters. The molecule has 32 heavy (non-hydrogen) atoms. The van der Waals surface area contributed by atoms with Gasteiger partial charge in [0.1, 0.15) is 0 Å². The van der Waals surface area contributed by atoms with E-state index in [0.29, 0.717) is 55.2 Å². The Morgan fingerprint density at radius 3 is 2.44 bits per heavy atom. The number of benzene rings is 1. The molecule has 1 aromatic heterocycles. The SMILES string of the molecule is CCOC(=O)C1CCN(C(=O)C2CCC(Cn3c(=S)[nH]c4ccccc4c3=O)CC2)CC1. The van der Waals surface area contributed by atoms with E-state index in [-0.39, 0.29) is 29.3 Å². The molecule has 0 bridgehead atoms. The Hall–Kier alpha value is -2.48. The van der Waals surface area contributed by atoms with Crippen molar-refractivity contribution in [1.29, 1.82) is 0 Å². The molecule has 1 N–H and O–H groups in total. The average Bonchev–Trinajstić information content (AvgIpc) is 2.82. The molecule has 4 rings (SSSR count). The molecule has 1 aliphatic carbocycles. The van der Waals surface area contributed by atoms with Crippen molar-refractivity contribution in [3.05, 3.63) is 39.4 Å². The second-order valence-electron chi connectivity index (χ2n) is 8.96. The number of nitrogens with one attached hydrogen (secondary N) is 1. The van der Waals surface area contributed by atoms with Gasteiger partial charge in [0.2, 0.25) is 5.91 Å². The Morgan fingerprint density at radius 2 is 1.75 bits per heavy atom. The monoisotopic (exact) mass is 457 g/mol. The molecule has 1 amide bonds. The average molecular weight is 458 g/mol. The highest BCUT2D eigenvalue weighted by atomic mass is 32.1. The van der Waals surface area contributed by atoms with E-state index < -0.39 is 0 Å². The Kier molecular flexibility index (Phi) is 7.08. The van der Waals surface area contributed by atoms with Gasteiger partial charge in [-0.3, -0.25) is 19.0 Å². The Labute approximate surface area is 192 Å². The summed E-state index contributed by atoms with van der Waals surface area (Å²) in [7, 11) is 0. The number of hydrogen-bond acceptors (Lipinski definition) is 5. The fourth-order valence-electron chi connectivity index (χ4n) is 5.07. The van der Waals surface area contributed by atoms with Crippen molar-refractivity contribution < 1.29 is 14.3 Å². The highest BCUT2D eigenvalue weighted by Crippen LogP contribution is 2.32. The van der Waals surface area contributed by atoms with Crippen molar-refractivity contribution in [1.82, 2.24) is 14.5 Å². The first-order chi connectivity index (χ1) is 15.5. The zero-order valence-corrected chi connectivity index (χ0v) is 19.4. The van der Waals surface area contributed by atoms with Crippen LogP contribution in [-0.2, 0) is 20.9 Å². The summed E-state index contributed by atoms with van der Waals surface area (Å²) in [6.07, 6.45) is 4.85. The molecular weight excluding hydrogens is 426 g/mol. The van der Waals surface area contributed by atoms with Gasteiger partial charge in [0.05, 0.1) is 23.4 Å². The molecule has 2 aliphatic rings. The maximum Gasteiger partial charge on any atom is 0.309 e. The van der Waals surface area contributed by atoms with Gasteiger partial charge >= 0.3 is 5.97 Å². The summed E-state index contributed by atoms with van der Waals surface area (Å²) in [6, 6.07) is 7.43. The fourth-order valence-corrected chi connectivity index (χ4v) is 5.34. The molecular formula is C24H31N3O4S.